The van der Waals surface area contributed by atoms with Gasteiger partial charge >= 0.3 is 0 Å². The Morgan fingerprint density at radius 3 is 2.35 bits per heavy atom. The van der Waals surface area contributed by atoms with Gasteiger partial charge in [0.1, 0.15) is 40.2 Å². The summed E-state index contributed by atoms with van der Waals surface area (Å²) >= 11 is 0. The number of nitriles is 1. The van der Waals surface area contributed by atoms with E-state index in [0.29, 0.717) is 48.4 Å². The number of allylic oxidation sites excluding steroid dienone is 1. The lowest BCUT2D eigenvalue weighted by atomic mass is 9.86. The number of carbonyl (C=O) groups is 2. The van der Waals surface area contributed by atoms with E-state index in [2.05, 4.69) is 11.4 Å². The van der Waals surface area contributed by atoms with Crippen LogP contribution in [0.15, 0.2) is 66.2 Å². The average Bonchev–Trinajstić information content (AvgIpc) is 3.72. The maximum atomic E-state index is 12.9. The number of likely N-dealkylation sites (tertiary alicyclic amines) is 1. The molecular formula is C31H32N6O3. The first kappa shape index (κ1) is 25.7. The van der Waals surface area contributed by atoms with Gasteiger partial charge in [-0.3, -0.25) is 9.59 Å². The summed E-state index contributed by atoms with van der Waals surface area (Å²) in [5.41, 5.74) is 7.86. The van der Waals surface area contributed by atoms with Gasteiger partial charge < -0.3 is 20.7 Å². The Morgan fingerprint density at radius 2 is 1.70 bits per heavy atom. The van der Waals surface area contributed by atoms with Crippen molar-refractivity contribution in [2.24, 2.45) is 17.6 Å². The van der Waals surface area contributed by atoms with Gasteiger partial charge in [0.05, 0.1) is 6.04 Å². The van der Waals surface area contributed by atoms with E-state index in [1.54, 1.807) is 4.90 Å². The number of fused-ring (bicyclic) bond motifs is 1. The molecule has 40 heavy (non-hydrogen) atoms. The van der Waals surface area contributed by atoms with E-state index in [4.69, 9.17) is 15.6 Å². The van der Waals surface area contributed by atoms with Gasteiger partial charge in [0.25, 0.3) is 11.8 Å². The summed E-state index contributed by atoms with van der Waals surface area (Å²) in [4.78, 5) is 27.4. The predicted octanol–water partition coefficient (Wildman–Crippen LogP) is 4.90. The van der Waals surface area contributed by atoms with Crippen LogP contribution in [0.25, 0.3) is 11.3 Å². The van der Waals surface area contributed by atoms with Crippen molar-refractivity contribution in [3.8, 4) is 28.8 Å². The summed E-state index contributed by atoms with van der Waals surface area (Å²) in [6.45, 7) is 1.92. The van der Waals surface area contributed by atoms with Crippen LogP contribution in [0.1, 0.15) is 48.5 Å². The highest BCUT2D eigenvalue weighted by Crippen LogP contribution is 2.40. The van der Waals surface area contributed by atoms with Gasteiger partial charge in [0.15, 0.2) is 0 Å². The van der Waals surface area contributed by atoms with Gasteiger partial charge in [0, 0.05) is 25.2 Å². The lowest BCUT2D eigenvalue weighted by molar-refractivity contribution is -0.128. The summed E-state index contributed by atoms with van der Waals surface area (Å²) in [5.74, 6) is 2.07. The highest BCUT2D eigenvalue weighted by atomic mass is 16.5. The Labute approximate surface area is 233 Å². The van der Waals surface area contributed by atoms with Crippen LogP contribution in [0.4, 0.5) is 5.82 Å². The molecule has 3 heterocycles. The molecule has 1 unspecified atom stereocenters. The first-order chi connectivity index (χ1) is 19.5. The molecule has 204 valence electrons. The van der Waals surface area contributed by atoms with Crippen LogP contribution < -0.4 is 15.8 Å². The van der Waals surface area contributed by atoms with Crippen LogP contribution in [0.5, 0.6) is 11.5 Å². The third-order valence-corrected chi connectivity index (χ3v) is 8.06. The third kappa shape index (κ3) is 5.17. The van der Waals surface area contributed by atoms with E-state index >= 15 is 0 Å². The van der Waals surface area contributed by atoms with E-state index in [1.807, 2.05) is 65.4 Å². The van der Waals surface area contributed by atoms with Gasteiger partial charge in [-0.1, -0.05) is 24.3 Å². The van der Waals surface area contributed by atoms with Gasteiger partial charge in [-0.15, -0.1) is 0 Å². The molecule has 1 atom stereocenters. The summed E-state index contributed by atoms with van der Waals surface area (Å²) < 4.78 is 7.85. The Hall–Kier alpha value is -4.58. The minimum atomic E-state index is -0.527. The molecule has 2 amide bonds. The lowest BCUT2D eigenvalue weighted by Crippen LogP contribution is -2.42. The zero-order chi connectivity index (χ0) is 27.6. The SMILES string of the molecule is N#C/C(=C\C1CC1)C(=O)N1CCC(C2CCNc3c(C(N)=O)c(-c4ccc(Oc5ccccc5)cc4)nn32)CC1. The molecule has 9 nitrogen and oxygen atoms in total. The van der Waals surface area contributed by atoms with Gasteiger partial charge in [-0.2, -0.15) is 10.4 Å². The number of amides is 2. The largest absolute Gasteiger partial charge is 0.457 e. The number of anilines is 1. The van der Waals surface area contributed by atoms with Crippen LogP contribution in [-0.4, -0.2) is 46.1 Å². The minimum Gasteiger partial charge on any atom is -0.457 e. The number of primary amides is 1. The molecule has 1 aromatic heterocycles. The number of hydrogen-bond donors (Lipinski definition) is 2. The molecule has 1 saturated heterocycles. The topological polar surface area (TPSA) is 126 Å². The fourth-order valence-electron chi connectivity index (χ4n) is 5.79. The Kier molecular flexibility index (Phi) is 6.99. The normalized spacial score (nSPS) is 19.3. The second-order valence-electron chi connectivity index (χ2n) is 10.8. The zero-order valence-corrected chi connectivity index (χ0v) is 22.3. The van der Waals surface area contributed by atoms with Crippen LogP contribution in [0.3, 0.4) is 0 Å². The molecule has 2 fully saturated rings. The maximum absolute atomic E-state index is 12.9. The van der Waals surface area contributed by atoms with Crippen LogP contribution in [0.2, 0.25) is 0 Å². The van der Waals surface area contributed by atoms with Crippen molar-refractivity contribution < 1.29 is 14.3 Å². The lowest BCUT2D eigenvalue weighted by Gasteiger charge is -2.38. The molecule has 6 rings (SSSR count). The quantitative estimate of drug-likeness (QED) is 0.327. The second-order valence-corrected chi connectivity index (χ2v) is 10.8. The molecular weight excluding hydrogens is 504 g/mol. The number of ether oxygens (including phenoxy) is 1. The number of rotatable bonds is 7. The van der Waals surface area contributed by atoms with Crippen molar-refractivity contribution in [3.63, 3.8) is 0 Å². The molecule has 2 aliphatic heterocycles. The van der Waals surface area contributed by atoms with Crippen LogP contribution in [-0.2, 0) is 4.79 Å². The summed E-state index contributed by atoms with van der Waals surface area (Å²) in [5, 5.41) is 17.8. The van der Waals surface area contributed by atoms with Crippen molar-refractivity contribution in [2.45, 2.75) is 38.1 Å². The molecule has 1 aliphatic carbocycles. The molecule has 1 saturated carbocycles. The first-order valence-electron chi connectivity index (χ1n) is 13.9. The van der Waals surface area contributed by atoms with Crippen molar-refractivity contribution in [1.82, 2.24) is 14.7 Å². The highest BCUT2D eigenvalue weighted by Gasteiger charge is 2.36. The van der Waals surface area contributed by atoms with Crippen LogP contribution in [0, 0.1) is 23.2 Å². The minimum absolute atomic E-state index is 0.0819. The molecule has 0 radical (unpaired) electrons. The van der Waals surface area contributed by atoms with E-state index < -0.39 is 5.91 Å². The molecule has 9 heteroatoms. The fourth-order valence-corrected chi connectivity index (χ4v) is 5.79. The first-order valence-corrected chi connectivity index (χ1v) is 13.9. The average molecular weight is 537 g/mol. The molecule has 2 aromatic carbocycles. The van der Waals surface area contributed by atoms with E-state index in [-0.39, 0.29) is 23.4 Å². The second kappa shape index (κ2) is 10.9. The van der Waals surface area contributed by atoms with Crippen molar-refractivity contribution in [1.29, 1.82) is 5.26 Å². The number of carbonyl (C=O) groups excluding carboxylic acids is 2. The van der Waals surface area contributed by atoms with E-state index in [0.717, 1.165) is 43.4 Å². The number of para-hydroxylation sites is 1. The number of nitrogens with one attached hydrogen (secondary N) is 1. The number of nitrogens with two attached hydrogens (primary N) is 1. The van der Waals surface area contributed by atoms with Crippen molar-refractivity contribution in [2.75, 3.05) is 25.0 Å². The molecule has 3 aromatic rings. The monoisotopic (exact) mass is 536 g/mol. The fraction of sp³-hybridized carbons (Fsp3) is 0.355. The van der Waals surface area contributed by atoms with Crippen LogP contribution >= 0.6 is 0 Å². The summed E-state index contributed by atoms with van der Waals surface area (Å²) in [6.07, 6.45) is 6.44. The maximum Gasteiger partial charge on any atom is 0.264 e. The van der Waals surface area contributed by atoms with E-state index in [1.165, 1.54) is 0 Å². The number of aromatic nitrogens is 2. The van der Waals surface area contributed by atoms with Gasteiger partial charge in [0.2, 0.25) is 0 Å². The third-order valence-electron chi connectivity index (χ3n) is 8.06. The molecule has 0 spiro atoms. The molecule has 0 bridgehead atoms. The summed E-state index contributed by atoms with van der Waals surface area (Å²) in [7, 11) is 0. The Balaban J connectivity index is 1.20. The van der Waals surface area contributed by atoms with E-state index in [9.17, 15) is 14.9 Å². The predicted molar refractivity (Wildman–Crippen MR) is 151 cm³/mol. The number of piperidine rings is 1. The van der Waals surface area contributed by atoms with Crippen molar-refractivity contribution in [3.05, 3.63) is 71.8 Å². The molecule has 3 N–H and O–H groups in total. The number of benzene rings is 2. The van der Waals surface area contributed by atoms with Gasteiger partial charge in [-0.05, 0) is 80.3 Å². The smallest absolute Gasteiger partial charge is 0.264 e. The standard InChI is InChI=1S/C31H32N6O3/c32-19-23(18-20-6-7-20)31(39)36-16-13-21(14-17-36)26-12-15-34-30-27(29(33)38)28(35-37(26)30)22-8-10-25(11-9-22)40-24-4-2-1-3-5-24/h1-5,8-11,18,20-21,26,34H,6-7,12-17H2,(H2,33,38)/b23-18+. The summed E-state index contributed by atoms with van der Waals surface area (Å²) in [6, 6.07) is 19.2. The molecule has 3 aliphatic rings. The highest BCUT2D eigenvalue weighted by molar-refractivity contribution is 6.04. The van der Waals surface area contributed by atoms with Crippen molar-refractivity contribution >= 4 is 17.6 Å². The Bertz CT molecular complexity index is 1480. The zero-order valence-electron chi connectivity index (χ0n) is 22.3. The number of hydrogen-bond acceptors (Lipinski definition) is 6. The Morgan fingerprint density at radius 1 is 1.00 bits per heavy atom. The number of nitrogens with zero attached hydrogens (tertiary/aromatic N) is 4. The van der Waals surface area contributed by atoms with Gasteiger partial charge in [-0.25, -0.2) is 4.68 Å².